The van der Waals surface area contributed by atoms with Crippen molar-refractivity contribution in [3.05, 3.63) is 83.0 Å². The molecule has 1 aliphatic rings. The quantitative estimate of drug-likeness (QED) is 0.382. The van der Waals surface area contributed by atoms with Crippen molar-refractivity contribution in [2.24, 2.45) is 0 Å². The van der Waals surface area contributed by atoms with Crippen molar-refractivity contribution in [2.75, 3.05) is 21.3 Å². The zero-order valence-electron chi connectivity index (χ0n) is 17.4. The number of hydrogen-bond donors (Lipinski definition) is 1. The number of halogens is 2. The van der Waals surface area contributed by atoms with Gasteiger partial charge in [0.15, 0.2) is 0 Å². The molecule has 1 aromatic heterocycles. The number of sulfonamides is 2. The molecule has 0 bridgehead atoms. The first-order chi connectivity index (χ1) is 16.2. The summed E-state index contributed by atoms with van der Waals surface area (Å²) in [4.78, 5) is 4.29. The van der Waals surface area contributed by atoms with Gasteiger partial charge in [-0.2, -0.15) is 0 Å². The van der Waals surface area contributed by atoms with E-state index in [9.17, 15) is 16.8 Å². The van der Waals surface area contributed by atoms with Gasteiger partial charge in [-0.3, -0.25) is 14.0 Å². The van der Waals surface area contributed by atoms with Crippen LogP contribution in [0.3, 0.4) is 0 Å². The van der Waals surface area contributed by atoms with Crippen LogP contribution in [0.15, 0.2) is 77.8 Å². The number of hydrogen-bond acceptors (Lipinski definition) is 5. The summed E-state index contributed by atoms with van der Waals surface area (Å²) in [6, 6.07) is 18.4. The summed E-state index contributed by atoms with van der Waals surface area (Å²) < 4.78 is 53.6. The van der Waals surface area contributed by atoms with E-state index in [0.717, 1.165) is 10.8 Å². The molecular formula is C23H17Cl2N3O4S2. The second kappa shape index (κ2) is 8.42. The van der Waals surface area contributed by atoms with Gasteiger partial charge in [0.25, 0.3) is 10.0 Å². The first-order valence-corrected chi connectivity index (χ1v) is 14.0. The summed E-state index contributed by atoms with van der Waals surface area (Å²) in [5.41, 5.74) is 1.80. The van der Waals surface area contributed by atoms with Crippen molar-refractivity contribution in [3.8, 4) is 11.3 Å². The lowest BCUT2D eigenvalue weighted by Crippen LogP contribution is -2.47. The van der Waals surface area contributed by atoms with Gasteiger partial charge in [0.1, 0.15) is 4.90 Å². The summed E-state index contributed by atoms with van der Waals surface area (Å²) >= 11 is 12.7. The highest BCUT2D eigenvalue weighted by Gasteiger charge is 2.33. The maximum Gasteiger partial charge on any atom is 0.263 e. The van der Waals surface area contributed by atoms with Crippen LogP contribution in [0.25, 0.3) is 22.0 Å². The second-order valence-corrected chi connectivity index (χ2v) is 12.2. The Bertz CT molecular complexity index is 1650. The molecule has 3 aromatic carbocycles. The first-order valence-electron chi connectivity index (χ1n) is 10.1. The van der Waals surface area contributed by atoms with Crippen LogP contribution >= 0.6 is 23.2 Å². The fourth-order valence-corrected chi connectivity index (χ4v) is 6.69. The summed E-state index contributed by atoms with van der Waals surface area (Å²) in [5, 5.41) is 2.19. The Labute approximate surface area is 207 Å². The molecule has 0 amide bonds. The lowest BCUT2D eigenvalue weighted by atomic mass is 10.0. The Morgan fingerprint density at radius 1 is 0.941 bits per heavy atom. The van der Waals surface area contributed by atoms with Crippen LogP contribution in [-0.4, -0.2) is 34.1 Å². The summed E-state index contributed by atoms with van der Waals surface area (Å²) in [7, 11) is -7.42. The zero-order valence-corrected chi connectivity index (χ0v) is 20.6. The van der Waals surface area contributed by atoms with Crippen molar-refractivity contribution in [3.63, 3.8) is 0 Å². The molecule has 174 valence electrons. The van der Waals surface area contributed by atoms with Gasteiger partial charge in [0.2, 0.25) is 10.0 Å². The number of nitrogens with zero attached hydrogens (tertiary/aromatic N) is 2. The molecule has 0 spiro atoms. The highest BCUT2D eigenvalue weighted by Crippen LogP contribution is 2.35. The van der Waals surface area contributed by atoms with Crippen LogP contribution in [0.2, 0.25) is 10.0 Å². The van der Waals surface area contributed by atoms with Crippen LogP contribution in [0.1, 0.15) is 0 Å². The molecule has 0 aliphatic carbocycles. The predicted molar refractivity (Wildman–Crippen MR) is 136 cm³/mol. The molecular weight excluding hydrogens is 517 g/mol. The smallest absolute Gasteiger partial charge is 0.263 e. The molecule has 1 fully saturated rings. The fraction of sp³-hybridized carbons (Fsp3) is 0.0870. The lowest BCUT2D eigenvalue weighted by Gasteiger charge is -2.32. The van der Waals surface area contributed by atoms with Crippen LogP contribution in [0.5, 0.6) is 0 Å². The highest BCUT2D eigenvalue weighted by atomic mass is 35.5. The molecule has 1 aliphatic heterocycles. The molecule has 11 heteroatoms. The molecule has 0 atom stereocenters. The Morgan fingerprint density at radius 2 is 1.74 bits per heavy atom. The highest BCUT2D eigenvalue weighted by molar-refractivity contribution is 7.94. The summed E-state index contributed by atoms with van der Waals surface area (Å²) in [6.45, 7) is 0.332. The van der Waals surface area contributed by atoms with E-state index < -0.39 is 20.0 Å². The molecule has 1 N–H and O–H groups in total. The lowest BCUT2D eigenvalue weighted by molar-refractivity contribution is 0.578. The average Bonchev–Trinajstić information content (AvgIpc) is 2.79. The minimum atomic E-state index is -4.07. The monoisotopic (exact) mass is 533 g/mol. The van der Waals surface area contributed by atoms with Crippen LogP contribution in [-0.2, 0) is 20.0 Å². The summed E-state index contributed by atoms with van der Waals surface area (Å²) in [6.07, 6.45) is 1.67. The third kappa shape index (κ3) is 4.09. The van der Waals surface area contributed by atoms with E-state index in [-0.39, 0.29) is 21.4 Å². The normalized spacial score (nSPS) is 15.2. The Morgan fingerprint density at radius 3 is 2.44 bits per heavy atom. The van der Waals surface area contributed by atoms with E-state index in [2.05, 4.69) is 9.71 Å². The van der Waals surface area contributed by atoms with E-state index in [4.69, 9.17) is 23.2 Å². The van der Waals surface area contributed by atoms with Gasteiger partial charge in [0.05, 0.1) is 27.2 Å². The molecule has 1 saturated heterocycles. The van der Waals surface area contributed by atoms with Gasteiger partial charge < -0.3 is 0 Å². The fourth-order valence-electron chi connectivity index (χ4n) is 3.80. The van der Waals surface area contributed by atoms with Gasteiger partial charge >= 0.3 is 0 Å². The number of rotatable bonds is 5. The molecule has 0 saturated carbocycles. The molecule has 5 rings (SSSR count). The molecule has 0 unspecified atom stereocenters. The zero-order chi connectivity index (χ0) is 24.1. The molecule has 0 radical (unpaired) electrons. The number of benzene rings is 3. The summed E-state index contributed by atoms with van der Waals surface area (Å²) in [5.74, 6) is 0.0523. The van der Waals surface area contributed by atoms with E-state index in [1.807, 2.05) is 30.3 Å². The van der Waals surface area contributed by atoms with Gasteiger partial charge in [-0.1, -0.05) is 47.5 Å². The van der Waals surface area contributed by atoms with Crippen molar-refractivity contribution < 1.29 is 16.8 Å². The molecule has 34 heavy (non-hydrogen) atoms. The minimum Gasteiger partial charge on any atom is -0.280 e. The van der Waals surface area contributed by atoms with E-state index >= 15 is 0 Å². The van der Waals surface area contributed by atoms with Crippen LogP contribution in [0, 0.1) is 0 Å². The van der Waals surface area contributed by atoms with Crippen molar-refractivity contribution >= 4 is 65.4 Å². The molecule has 4 aromatic rings. The third-order valence-corrected chi connectivity index (χ3v) is 9.49. The van der Waals surface area contributed by atoms with Gasteiger partial charge in [-0.15, -0.1) is 0 Å². The van der Waals surface area contributed by atoms with E-state index in [1.54, 1.807) is 24.4 Å². The molecule has 7 nitrogen and oxygen atoms in total. The van der Waals surface area contributed by atoms with Gasteiger partial charge in [-0.25, -0.2) is 16.8 Å². The topological polar surface area (TPSA) is 96.4 Å². The van der Waals surface area contributed by atoms with Crippen molar-refractivity contribution in [1.82, 2.24) is 4.98 Å². The number of nitrogens with one attached hydrogen (secondary N) is 1. The predicted octanol–water partition coefficient (Wildman–Crippen LogP) is 5.16. The Balaban J connectivity index is 1.49. The van der Waals surface area contributed by atoms with E-state index in [1.165, 1.54) is 22.5 Å². The van der Waals surface area contributed by atoms with Gasteiger partial charge in [-0.05, 0) is 47.9 Å². The molecule has 2 heterocycles. The van der Waals surface area contributed by atoms with Gasteiger partial charge in [0, 0.05) is 29.4 Å². The average molecular weight is 534 g/mol. The maximum absolute atomic E-state index is 13.1. The SMILES string of the molecule is O=S(=O)(Nc1ccc(Cl)c(-c2nccc3ccccc23)c1)c1ccc(N2CCS2(=O)=O)cc1Cl. The van der Waals surface area contributed by atoms with Crippen LogP contribution in [0.4, 0.5) is 11.4 Å². The maximum atomic E-state index is 13.1. The number of pyridine rings is 1. The minimum absolute atomic E-state index is 0.0523. The number of fused-ring (bicyclic) bond motifs is 1. The van der Waals surface area contributed by atoms with E-state index in [0.29, 0.717) is 28.5 Å². The number of anilines is 2. The van der Waals surface area contributed by atoms with Crippen molar-refractivity contribution in [2.45, 2.75) is 4.90 Å². The van der Waals surface area contributed by atoms with Crippen LogP contribution < -0.4 is 9.03 Å². The first kappa shape index (κ1) is 22.9. The Hall–Kier alpha value is -2.85. The largest absolute Gasteiger partial charge is 0.280 e. The number of aromatic nitrogens is 1. The Kier molecular flexibility index (Phi) is 5.68. The second-order valence-electron chi connectivity index (χ2n) is 7.68. The van der Waals surface area contributed by atoms with Crippen molar-refractivity contribution in [1.29, 1.82) is 0 Å². The standard InChI is InChI=1S/C23H17Cl2N3O4S2/c24-20-7-5-16(13-19(20)23-18-4-2-1-3-15(18)9-10-26-23)27-34(31,32)22-8-6-17(14-21(22)25)28-11-12-33(28,29)30/h1-10,13-14,27H,11-12H2. The third-order valence-electron chi connectivity index (χ3n) is 5.53.